The first-order chi connectivity index (χ1) is 11.7. The summed E-state index contributed by atoms with van der Waals surface area (Å²) in [6, 6.07) is 17.8. The molecule has 24 heavy (non-hydrogen) atoms. The molecule has 0 spiro atoms. The molecule has 1 heterocycles. The number of amides is 1. The number of rotatable bonds is 5. The highest BCUT2D eigenvalue weighted by Crippen LogP contribution is 2.25. The summed E-state index contributed by atoms with van der Waals surface area (Å²) in [5, 5.41) is 8.88. The molecule has 1 aliphatic heterocycles. The second-order valence-electron chi connectivity index (χ2n) is 6.08. The summed E-state index contributed by atoms with van der Waals surface area (Å²) >= 11 is 0. The van der Waals surface area contributed by atoms with E-state index in [0.29, 0.717) is 18.5 Å². The third-order valence-electron chi connectivity index (χ3n) is 4.52. The average Bonchev–Trinajstić information content (AvgIpc) is 2.96. The molecule has 1 saturated heterocycles. The van der Waals surface area contributed by atoms with Crippen LogP contribution in [-0.4, -0.2) is 24.0 Å². The van der Waals surface area contributed by atoms with Crippen molar-refractivity contribution < 1.29 is 9.53 Å². The summed E-state index contributed by atoms with van der Waals surface area (Å²) < 4.78 is 5.18. The molecule has 1 fully saturated rings. The SMILES string of the molecule is COc1ccc(CN2C(=O)CCC2Cc2ccc(C#N)cc2)cc1. The van der Waals surface area contributed by atoms with Crippen LogP contribution in [0.25, 0.3) is 0 Å². The number of carbonyl (C=O) groups is 1. The molecule has 3 rings (SSSR count). The molecule has 0 N–H and O–H groups in total. The molecule has 122 valence electrons. The lowest BCUT2D eigenvalue weighted by Gasteiger charge is -2.25. The van der Waals surface area contributed by atoms with E-state index in [1.807, 2.05) is 53.4 Å². The molecule has 0 aliphatic carbocycles. The Hall–Kier alpha value is -2.80. The van der Waals surface area contributed by atoms with E-state index >= 15 is 0 Å². The number of carbonyl (C=O) groups excluding carboxylic acids is 1. The number of benzene rings is 2. The first-order valence-electron chi connectivity index (χ1n) is 8.11. The highest BCUT2D eigenvalue weighted by Gasteiger charge is 2.30. The van der Waals surface area contributed by atoms with Crippen LogP contribution in [0, 0.1) is 11.3 Å². The molecular weight excluding hydrogens is 300 g/mol. The zero-order chi connectivity index (χ0) is 16.9. The van der Waals surface area contributed by atoms with Crippen molar-refractivity contribution in [1.29, 1.82) is 5.26 Å². The van der Waals surface area contributed by atoms with Gasteiger partial charge in [-0.3, -0.25) is 4.79 Å². The molecule has 2 aromatic carbocycles. The maximum Gasteiger partial charge on any atom is 0.223 e. The largest absolute Gasteiger partial charge is 0.497 e. The van der Waals surface area contributed by atoms with E-state index in [1.165, 1.54) is 0 Å². The van der Waals surface area contributed by atoms with E-state index in [0.717, 1.165) is 29.7 Å². The Balaban J connectivity index is 1.70. The number of hydrogen-bond acceptors (Lipinski definition) is 3. The van der Waals surface area contributed by atoms with E-state index in [1.54, 1.807) is 7.11 Å². The first-order valence-corrected chi connectivity index (χ1v) is 8.11. The average molecular weight is 320 g/mol. The van der Waals surface area contributed by atoms with Crippen LogP contribution < -0.4 is 4.74 Å². The zero-order valence-corrected chi connectivity index (χ0v) is 13.7. The number of nitrogens with zero attached hydrogens (tertiary/aromatic N) is 2. The van der Waals surface area contributed by atoms with Crippen LogP contribution in [-0.2, 0) is 17.8 Å². The first kappa shape index (κ1) is 16.1. The Bertz CT molecular complexity index is 745. The van der Waals surface area contributed by atoms with Gasteiger partial charge < -0.3 is 9.64 Å². The predicted octanol–water partition coefficient (Wildman–Crippen LogP) is 3.30. The van der Waals surface area contributed by atoms with Crippen molar-refractivity contribution in [3.8, 4) is 11.8 Å². The van der Waals surface area contributed by atoms with E-state index in [4.69, 9.17) is 10.00 Å². The van der Waals surface area contributed by atoms with Gasteiger partial charge in [-0.2, -0.15) is 5.26 Å². The summed E-state index contributed by atoms with van der Waals surface area (Å²) in [6.45, 7) is 0.629. The molecule has 0 aromatic heterocycles. The van der Waals surface area contributed by atoms with Gasteiger partial charge in [-0.05, 0) is 48.2 Å². The van der Waals surface area contributed by atoms with Crippen molar-refractivity contribution in [2.24, 2.45) is 0 Å². The Morgan fingerprint density at radius 3 is 2.42 bits per heavy atom. The zero-order valence-electron chi connectivity index (χ0n) is 13.7. The minimum atomic E-state index is 0.212. The van der Waals surface area contributed by atoms with Crippen LogP contribution in [0.4, 0.5) is 0 Å². The van der Waals surface area contributed by atoms with Gasteiger partial charge in [0.05, 0.1) is 18.7 Å². The Labute approximate surface area is 142 Å². The van der Waals surface area contributed by atoms with Crippen molar-refractivity contribution in [3.63, 3.8) is 0 Å². The van der Waals surface area contributed by atoms with Crippen LogP contribution in [0.3, 0.4) is 0 Å². The summed E-state index contributed by atoms with van der Waals surface area (Å²) in [5.41, 5.74) is 2.93. The van der Waals surface area contributed by atoms with Gasteiger partial charge in [0, 0.05) is 19.0 Å². The fourth-order valence-corrected chi connectivity index (χ4v) is 3.14. The molecular formula is C20H20N2O2. The molecule has 0 radical (unpaired) electrons. The van der Waals surface area contributed by atoms with Crippen molar-refractivity contribution in [2.75, 3.05) is 7.11 Å². The normalized spacial score (nSPS) is 16.9. The summed E-state index contributed by atoms with van der Waals surface area (Å²) in [6.07, 6.45) is 2.32. The van der Waals surface area contributed by atoms with Crippen LogP contribution in [0.5, 0.6) is 5.75 Å². The second kappa shape index (κ2) is 7.18. The number of methoxy groups -OCH3 is 1. The van der Waals surface area contributed by atoms with Crippen molar-refractivity contribution in [2.45, 2.75) is 31.8 Å². The number of hydrogen-bond donors (Lipinski definition) is 0. The Kier molecular flexibility index (Phi) is 4.81. The van der Waals surface area contributed by atoms with Gasteiger partial charge in [0.2, 0.25) is 5.91 Å². The number of nitriles is 1. The molecule has 2 aromatic rings. The quantitative estimate of drug-likeness (QED) is 0.849. The molecule has 1 aliphatic rings. The highest BCUT2D eigenvalue weighted by atomic mass is 16.5. The molecule has 4 heteroatoms. The third kappa shape index (κ3) is 3.57. The van der Waals surface area contributed by atoms with Gasteiger partial charge in [-0.1, -0.05) is 24.3 Å². The van der Waals surface area contributed by atoms with E-state index in [-0.39, 0.29) is 11.9 Å². The molecule has 1 atom stereocenters. The molecule has 1 amide bonds. The van der Waals surface area contributed by atoms with E-state index in [2.05, 4.69) is 6.07 Å². The van der Waals surface area contributed by atoms with Gasteiger partial charge in [0.15, 0.2) is 0 Å². The minimum Gasteiger partial charge on any atom is -0.497 e. The van der Waals surface area contributed by atoms with Crippen molar-refractivity contribution >= 4 is 5.91 Å². The van der Waals surface area contributed by atoms with E-state index in [9.17, 15) is 4.79 Å². The van der Waals surface area contributed by atoms with Gasteiger partial charge in [0.1, 0.15) is 5.75 Å². The topological polar surface area (TPSA) is 53.3 Å². The lowest BCUT2D eigenvalue weighted by atomic mass is 10.0. The van der Waals surface area contributed by atoms with Gasteiger partial charge in [-0.25, -0.2) is 0 Å². The fraction of sp³-hybridized carbons (Fsp3) is 0.300. The summed E-state index contributed by atoms with van der Waals surface area (Å²) in [5.74, 6) is 1.03. The maximum absolute atomic E-state index is 12.3. The molecule has 0 bridgehead atoms. The number of likely N-dealkylation sites (tertiary alicyclic amines) is 1. The monoisotopic (exact) mass is 320 g/mol. The second-order valence-corrected chi connectivity index (χ2v) is 6.08. The minimum absolute atomic E-state index is 0.212. The standard InChI is InChI=1S/C20H20N2O2/c1-24-19-9-6-17(7-10-19)14-22-18(8-11-20(22)23)12-15-2-4-16(13-21)5-3-15/h2-7,9-10,18H,8,11-12,14H2,1H3. The summed E-state index contributed by atoms with van der Waals surface area (Å²) in [7, 11) is 1.65. The lowest BCUT2D eigenvalue weighted by molar-refractivity contribution is -0.129. The maximum atomic E-state index is 12.3. The van der Waals surface area contributed by atoms with Crippen molar-refractivity contribution in [3.05, 3.63) is 65.2 Å². The van der Waals surface area contributed by atoms with Crippen LogP contribution >= 0.6 is 0 Å². The predicted molar refractivity (Wildman–Crippen MR) is 91.4 cm³/mol. The third-order valence-corrected chi connectivity index (χ3v) is 4.52. The van der Waals surface area contributed by atoms with Gasteiger partial charge in [0.25, 0.3) is 0 Å². The molecule has 0 saturated carbocycles. The lowest BCUT2D eigenvalue weighted by Crippen LogP contribution is -2.33. The molecule has 1 unspecified atom stereocenters. The van der Waals surface area contributed by atoms with Gasteiger partial charge >= 0.3 is 0 Å². The van der Waals surface area contributed by atoms with E-state index < -0.39 is 0 Å². The Morgan fingerprint density at radius 2 is 1.79 bits per heavy atom. The number of ether oxygens (including phenoxy) is 1. The molecule has 4 nitrogen and oxygen atoms in total. The Morgan fingerprint density at radius 1 is 1.12 bits per heavy atom. The van der Waals surface area contributed by atoms with Crippen LogP contribution in [0.1, 0.15) is 29.5 Å². The van der Waals surface area contributed by atoms with Gasteiger partial charge in [-0.15, -0.1) is 0 Å². The van der Waals surface area contributed by atoms with Crippen LogP contribution in [0.2, 0.25) is 0 Å². The van der Waals surface area contributed by atoms with Crippen molar-refractivity contribution in [1.82, 2.24) is 4.90 Å². The smallest absolute Gasteiger partial charge is 0.223 e. The van der Waals surface area contributed by atoms with Crippen LogP contribution in [0.15, 0.2) is 48.5 Å². The summed E-state index contributed by atoms with van der Waals surface area (Å²) in [4.78, 5) is 14.2. The fourth-order valence-electron chi connectivity index (χ4n) is 3.14. The highest BCUT2D eigenvalue weighted by molar-refractivity contribution is 5.78.